The van der Waals surface area contributed by atoms with Crippen LogP contribution in [-0.2, 0) is 16.0 Å². The molecule has 33 heavy (non-hydrogen) atoms. The standard InChI is InChI=1S/C23H23N7O3/c1-11(2)29(3)21-15(10-24)17-14-9-16(31)30(13-7-5-12(6-8-13)23(32)33-4)22(14)28-20(26)18(17)19(25)27-21/h5-8,11H,9H2,1-4H3,(H2,25,27)(H2,26,28)/p+1. The molecule has 2 aromatic heterocycles. The first kappa shape index (κ1) is 21.8. The maximum absolute atomic E-state index is 13.1. The number of nitrogens with zero attached hydrogens (tertiary/aromatic N) is 4. The van der Waals surface area contributed by atoms with Gasteiger partial charge in [-0.25, -0.2) is 14.8 Å². The summed E-state index contributed by atoms with van der Waals surface area (Å²) in [5.74, 6) is 0.556. The van der Waals surface area contributed by atoms with Gasteiger partial charge in [0.2, 0.25) is 17.5 Å². The fourth-order valence-electron chi connectivity index (χ4n) is 4.01. The molecule has 0 unspecified atom stereocenters. The van der Waals surface area contributed by atoms with Gasteiger partial charge >= 0.3 is 5.97 Å². The largest absolute Gasteiger partial charge is 0.465 e. The second-order valence-corrected chi connectivity index (χ2v) is 8.07. The van der Waals surface area contributed by atoms with Gasteiger partial charge in [-0.1, -0.05) is 0 Å². The van der Waals surface area contributed by atoms with E-state index in [-0.39, 0.29) is 30.0 Å². The molecule has 1 aliphatic heterocycles. The van der Waals surface area contributed by atoms with Gasteiger partial charge in [-0.3, -0.25) is 14.6 Å². The van der Waals surface area contributed by atoms with Crippen molar-refractivity contribution in [1.29, 1.82) is 5.26 Å². The molecule has 1 aliphatic rings. The van der Waals surface area contributed by atoms with Gasteiger partial charge in [0.15, 0.2) is 0 Å². The van der Waals surface area contributed by atoms with E-state index in [1.54, 1.807) is 24.3 Å². The Morgan fingerprint density at radius 1 is 1.27 bits per heavy atom. The molecule has 1 aromatic carbocycles. The Hall–Kier alpha value is -4.39. The predicted molar refractivity (Wildman–Crippen MR) is 124 cm³/mol. The lowest BCUT2D eigenvalue weighted by atomic mass is 10.0. The highest BCUT2D eigenvalue weighted by molar-refractivity contribution is 6.15. The molecule has 3 heterocycles. The van der Waals surface area contributed by atoms with Gasteiger partial charge < -0.3 is 16.2 Å². The van der Waals surface area contributed by atoms with E-state index in [0.717, 1.165) is 0 Å². The average molecular weight is 446 g/mol. The number of amides is 1. The fourth-order valence-corrected chi connectivity index (χ4v) is 4.01. The smallest absolute Gasteiger partial charge is 0.337 e. The number of carbonyl (C=O) groups is 2. The molecular formula is C23H24N7O3+. The van der Waals surface area contributed by atoms with Crippen molar-refractivity contribution in [2.24, 2.45) is 0 Å². The number of H-pyrrole nitrogens is 1. The van der Waals surface area contributed by atoms with Crippen LogP contribution < -0.4 is 26.3 Å². The zero-order valence-corrected chi connectivity index (χ0v) is 18.8. The number of benzene rings is 1. The summed E-state index contributed by atoms with van der Waals surface area (Å²) in [6, 6.07) is 8.76. The number of hydrogen-bond donors (Lipinski definition) is 2. The molecule has 0 saturated carbocycles. The minimum absolute atomic E-state index is 0.0286. The summed E-state index contributed by atoms with van der Waals surface area (Å²) in [7, 11) is 3.16. The molecular weight excluding hydrogens is 422 g/mol. The number of rotatable bonds is 4. The van der Waals surface area contributed by atoms with Gasteiger partial charge in [0.05, 0.1) is 43.3 Å². The zero-order valence-electron chi connectivity index (χ0n) is 18.8. The third kappa shape index (κ3) is 3.34. The molecule has 0 bridgehead atoms. The van der Waals surface area contributed by atoms with Crippen LogP contribution in [0.4, 0.5) is 29.0 Å². The van der Waals surface area contributed by atoms with Crippen LogP contribution in [0.5, 0.6) is 0 Å². The highest BCUT2D eigenvalue weighted by Crippen LogP contribution is 2.43. The summed E-state index contributed by atoms with van der Waals surface area (Å²) in [6.07, 6.45) is 0.0286. The Labute approximate surface area is 190 Å². The minimum atomic E-state index is -0.477. The van der Waals surface area contributed by atoms with Crippen LogP contribution >= 0.6 is 0 Å². The van der Waals surface area contributed by atoms with Crippen molar-refractivity contribution in [3.8, 4) is 6.07 Å². The van der Waals surface area contributed by atoms with Crippen LogP contribution in [0.1, 0.15) is 35.3 Å². The van der Waals surface area contributed by atoms with E-state index >= 15 is 0 Å². The van der Waals surface area contributed by atoms with Gasteiger partial charge in [0.1, 0.15) is 23.3 Å². The van der Waals surface area contributed by atoms with Crippen LogP contribution in [0.3, 0.4) is 0 Å². The van der Waals surface area contributed by atoms with Gasteiger partial charge in [-0.05, 0) is 38.1 Å². The average Bonchev–Trinajstić information content (AvgIpc) is 3.13. The molecule has 0 fully saturated rings. The van der Waals surface area contributed by atoms with E-state index in [2.05, 4.69) is 16.0 Å². The van der Waals surface area contributed by atoms with Crippen molar-refractivity contribution < 1.29 is 19.3 Å². The first-order valence-electron chi connectivity index (χ1n) is 10.3. The number of nitrogen functional groups attached to an aromatic ring is 2. The monoisotopic (exact) mass is 446 g/mol. The number of aromatic amines is 1. The Bertz CT molecular complexity index is 1340. The summed E-state index contributed by atoms with van der Waals surface area (Å²) < 4.78 is 4.73. The SMILES string of the molecule is COC(=O)c1ccc(N2C(=O)Cc3c2nc(N)c2c(N)[nH+]c(N(C)C(C)C)c(C#N)c32)cc1. The molecule has 4 rings (SSSR count). The van der Waals surface area contributed by atoms with E-state index in [4.69, 9.17) is 16.2 Å². The number of aromatic nitrogens is 2. The molecule has 0 radical (unpaired) electrons. The van der Waals surface area contributed by atoms with Crippen molar-refractivity contribution in [3.63, 3.8) is 0 Å². The molecule has 10 nitrogen and oxygen atoms in total. The van der Waals surface area contributed by atoms with Crippen LogP contribution in [-0.4, -0.2) is 37.1 Å². The van der Waals surface area contributed by atoms with Crippen molar-refractivity contribution in [1.82, 2.24) is 4.98 Å². The number of carbonyl (C=O) groups excluding carboxylic acids is 2. The topological polar surface area (TPSA) is 153 Å². The number of ether oxygens (including phenoxy) is 1. The first-order chi connectivity index (χ1) is 15.7. The Morgan fingerprint density at radius 2 is 1.94 bits per heavy atom. The third-order valence-electron chi connectivity index (χ3n) is 5.89. The lowest BCUT2D eigenvalue weighted by Crippen LogP contribution is -2.33. The number of methoxy groups -OCH3 is 1. The maximum Gasteiger partial charge on any atom is 0.337 e. The van der Waals surface area contributed by atoms with Crippen molar-refractivity contribution >= 4 is 51.6 Å². The van der Waals surface area contributed by atoms with Crippen molar-refractivity contribution in [3.05, 3.63) is 41.0 Å². The quantitative estimate of drug-likeness (QED) is 0.577. The molecule has 5 N–H and O–H groups in total. The second-order valence-electron chi connectivity index (χ2n) is 8.07. The van der Waals surface area contributed by atoms with Crippen LogP contribution in [0, 0.1) is 11.3 Å². The predicted octanol–water partition coefficient (Wildman–Crippen LogP) is 1.94. The van der Waals surface area contributed by atoms with E-state index in [1.165, 1.54) is 12.0 Å². The first-order valence-corrected chi connectivity index (χ1v) is 10.3. The number of nitrogens with one attached hydrogen (secondary N) is 1. The molecule has 1 amide bonds. The van der Waals surface area contributed by atoms with Gasteiger partial charge in [-0.2, -0.15) is 5.26 Å². The Balaban J connectivity index is 1.97. The lowest BCUT2D eigenvalue weighted by molar-refractivity contribution is -0.344. The van der Waals surface area contributed by atoms with E-state index in [0.29, 0.717) is 44.8 Å². The van der Waals surface area contributed by atoms with Crippen LogP contribution in [0.2, 0.25) is 0 Å². The molecule has 0 aliphatic carbocycles. The van der Waals surface area contributed by atoms with Crippen LogP contribution in [0.25, 0.3) is 10.8 Å². The number of nitriles is 1. The lowest BCUT2D eigenvalue weighted by Gasteiger charge is -2.21. The molecule has 0 saturated heterocycles. The minimum Gasteiger partial charge on any atom is -0.465 e. The van der Waals surface area contributed by atoms with Gasteiger partial charge in [0, 0.05) is 10.9 Å². The zero-order chi connectivity index (χ0) is 24.0. The van der Waals surface area contributed by atoms with Crippen molar-refractivity contribution in [2.75, 3.05) is 35.4 Å². The fraction of sp³-hybridized carbons (Fsp3) is 0.261. The van der Waals surface area contributed by atoms with E-state index < -0.39 is 5.97 Å². The van der Waals surface area contributed by atoms with Gasteiger partial charge in [-0.15, -0.1) is 0 Å². The van der Waals surface area contributed by atoms with E-state index in [1.807, 2.05) is 25.8 Å². The summed E-state index contributed by atoms with van der Waals surface area (Å²) >= 11 is 0. The summed E-state index contributed by atoms with van der Waals surface area (Å²) in [4.78, 5) is 35.7. The molecule has 168 valence electrons. The number of anilines is 5. The number of nitrogens with two attached hydrogens (primary N) is 2. The Kier molecular flexibility index (Phi) is 5.25. The highest BCUT2D eigenvalue weighted by atomic mass is 16.5. The van der Waals surface area contributed by atoms with Crippen LogP contribution in [0.15, 0.2) is 24.3 Å². The number of pyridine rings is 2. The molecule has 0 atom stereocenters. The third-order valence-corrected chi connectivity index (χ3v) is 5.89. The second kappa shape index (κ2) is 7.94. The van der Waals surface area contributed by atoms with E-state index in [9.17, 15) is 14.9 Å². The normalized spacial score (nSPS) is 12.7. The summed E-state index contributed by atoms with van der Waals surface area (Å²) in [6.45, 7) is 3.98. The summed E-state index contributed by atoms with van der Waals surface area (Å²) in [5.41, 5.74) is 14.4. The highest BCUT2D eigenvalue weighted by Gasteiger charge is 2.36. The molecule has 3 aromatic rings. The number of fused-ring (bicyclic) bond motifs is 3. The molecule has 10 heteroatoms. The number of hydrogen-bond acceptors (Lipinski definition) is 8. The number of esters is 1. The van der Waals surface area contributed by atoms with Gasteiger partial charge in [0.25, 0.3) is 0 Å². The van der Waals surface area contributed by atoms with Crippen molar-refractivity contribution in [2.45, 2.75) is 26.3 Å². The summed E-state index contributed by atoms with van der Waals surface area (Å²) in [5, 5.41) is 11.0. The Morgan fingerprint density at radius 3 is 2.52 bits per heavy atom. The maximum atomic E-state index is 13.1. The molecule has 0 spiro atoms.